The molecule has 18 heavy (non-hydrogen) atoms. The van der Waals surface area contributed by atoms with Crippen LogP contribution in [0.25, 0.3) is 11.4 Å². The molecule has 0 aliphatic heterocycles. The molecular weight excluding hydrogens is 358 g/mol. The zero-order chi connectivity index (χ0) is 12.7. The Bertz CT molecular complexity index is 592. The standard InChI is InChI=1S/C13H11Br2N3/c14-9-5-3-8(4-6-9)13-17-11(7-1-2-7)10(15)12(16)18-13/h3-7H,1-2H2,(H2,16,17,18). The van der Waals surface area contributed by atoms with E-state index in [1.807, 2.05) is 24.3 Å². The highest BCUT2D eigenvalue weighted by Crippen LogP contribution is 2.43. The molecule has 0 radical (unpaired) electrons. The van der Waals surface area contributed by atoms with Gasteiger partial charge in [0.2, 0.25) is 0 Å². The van der Waals surface area contributed by atoms with E-state index in [1.165, 1.54) is 12.8 Å². The second kappa shape index (κ2) is 4.63. The average Bonchev–Trinajstić information content (AvgIpc) is 3.18. The minimum atomic E-state index is 0.518. The van der Waals surface area contributed by atoms with Crippen LogP contribution < -0.4 is 5.73 Å². The van der Waals surface area contributed by atoms with Crippen molar-refractivity contribution in [3.63, 3.8) is 0 Å². The summed E-state index contributed by atoms with van der Waals surface area (Å²) in [5, 5.41) is 0. The first kappa shape index (κ1) is 12.1. The first-order valence-corrected chi connectivity index (χ1v) is 7.32. The molecule has 2 aromatic rings. The molecule has 92 valence electrons. The lowest BCUT2D eigenvalue weighted by atomic mass is 10.2. The highest BCUT2D eigenvalue weighted by atomic mass is 79.9. The quantitative estimate of drug-likeness (QED) is 0.866. The largest absolute Gasteiger partial charge is 0.383 e. The molecule has 1 saturated carbocycles. The van der Waals surface area contributed by atoms with Crippen LogP contribution in [-0.2, 0) is 0 Å². The van der Waals surface area contributed by atoms with Crippen molar-refractivity contribution in [2.45, 2.75) is 18.8 Å². The molecule has 0 unspecified atom stereocenters. The second-order valence-electron chi connectivity index (χ2n) is 4.41. The van der Waals surface area contributed by atoms with Gasteiger partial charge in [-0.25, -0.2) is 9.97 Å². The predicted octanol–water partition coefficient (Wildman–Crippen LogP) is 4.13. The van der Waals surface area contributed by atoms with Crippen LogP contribution in [0.1, 0.15) is 24.5 Å². The molecule has 1 fully saturated rings. The lowest BCUT2D eigenvalue weighted by Gasteiger charge is -2.08. The van der Waals surface area contributed by atoms with Crippen LogP contribution in [0, 0.1) is 0 Å². The molecule has 2 N–H and O–H groups in total. The van der Waals surface area contributed by atoms with Gasteiger partial charge in [0.25, 0.3) is 0 Å². The number of nitrogens with two attached hydrogens (primary N) is 1. The fraction of sp³-hybridized carbons (Fsp3) is 0.231. The van der Waals surface area contributed by atoms with Gasteiger partial charge in [-0.05, 0) is 40.9 Å². The summed E-state index contributed by atoms with van der Waals surface area (Å²) in [5.74, 6) is 1.76. The fourth-order valence-electron chi connectivity index (χ4n) is 1.84. The van der Waals surface area contributed by atoms with Crippen LogP contribution in [0.5, 0.6) is 0 Å². The summed E-state index contributed by atoms with van der Waals surface area (Å²) in [6.45, 7) is 0. The maximum atomic E-state index is 5.95. The van der Waals surface area contributed by atoms with E-state index in [4.69, 9.17) is 5.73 Å². The fourth-order valence-corrected chi connectivity index (χ4v) is 2.60. The van der Waals surface area contributed by atoms with Crippen LogP contribution in [0.15, 0.2) is 33.2 Å². The Hall–Kier alpha value is -0.940. The summed E-state index contributed by atoms with van der Waals surface area (Å²) in [5.41, 5.74) is 7.97. The molecule has 0 atom stereocenters. The normalized spacial score (nSPS) is 14.8. The third-order valence-corrected chi connectivity index (χ3v) is 4.31. The van der Waals surface area contributed by atoms with Crippen LogP contribution in [0.4, 0.5) is 5.82 Å². The minimum absolute atomic E-state index is 0.518. The molecule has 0 bridgehead atoms. The summed E-state index contributed by atoms with van der Waals surface area (Å²) in [6.07, 6.45) is 2.38. The van der Waals surface area contributed by atoms with Crippen molar-refractivity contribution in [1.82, 2.24) is 9.97 Å². The van der Waals surface area contributed by atoms with Crippen molar-refractivity contribution >= 4 is 37.7 Å². The van der Waals surface area contributed by atoms with E-state index < -0.39 is 0 Å². The molecule has 1 aliphatic carbocycles. The maximum absolute atomic E-state index is 5.95. The maximum Gasteiger partial charge on any atom is 0.161 e. The highest BCUT2D eigenvalue weighted by Gasteiger charge is 2.29. The van der Waals surface area contributed by atoms with Crippen molar-refractivity contribution in [3.05, 3.63) is 38.9 Å². The first-order valence-electron chi connectivity index (χ1n) is 5.74. The Labute approximate surface area is 122 Å². The number of benzene rings is 1. The second-order valence-corrected chi connectivity index (χ2v) is 6.12. The molecule has 3 nitrogen and oxygen atoms in total. The summed E-state index contributed by atoms with van der Waals surface area (Å²) < 4.78 is 1.89. The molecule has 0 amide bonds. The highest BCUT2D eigenvalue weighted by molar-refractivity contribution is 9.11. The number of anilines is 1. The summed E-state index contributed by atoms with van der Waals surface area (Å²) >= 11 is 6.90. The van der Waals surface area contributed by atoms with E-state index in [0.717, 1.165) is 20.2 Å². The number of aromatic nitrogens is 2. The SMILES string of the molecule is Nc1nc(-c2ccc(Br)cc2)nc(C2CC2)c1Br. The molecule has 0 saturated heterocycles. The molecular formula is C13H11Br2N3. The van der Waals surface area contributed by atoms with Crippen molar-refractivity contribution in [3.8, 4) is 11.4 Å². The van der Waals surface area contributed by atoms with Crippen LogP contribution in [-0.4, -0.2) is 9.97 Å². The van der Waals surface area contributed by atoms with E-state index in [9.17, 15) is 0 Å². The summed E-state index contributed by atoms with van der Waals surface area (Å²) in [6, 6.07) is 7.94. The zero-order valence-corrected chi connectivity index (χ0v) is 12.7. The summed E-state index contributed by atoms with van der Waals surface area (Å²) in [4.78, 5) is 8.99. The van der Waals surface area contributed by atoms with Crippen LogP contribution in [0.3, 0.4) is 0 Å². The van der Waals surface area contributed by atoms with Gasteiger partial charge in [0.1, 0.15) is 5.82 Å². The smallest absolute Gasteiger partial charge is 0.161 e. The Morgan fingerprint density at radius 3 is 2.33 bits per heavy atom. The average molecular weight is 369 g/mol. The van der Waals surface area contributed by atoms with E-state index >= 15 is 0 Å². The van der Waals surface area contributed by atoms with Gasteiger partial charge < -0.3 is 5.73 Å². The Morgan fingerprint density at radius 1 is 1.06 bits per heavy atom. The third-order valence-electron chi connectivity index (χ3n) is 2.97. The van der Waals surface area contributed by atoms with Crippen molar-refractivity contribution in [2.24, 2.45) is 0 Å². The van der Waals surface area contributed by atoms with Gasteiger partial charge in [-0.1, -0.05) is 28.1 Å². The van der Waals surface area contributed by atoms with Gasteiger partial charge in [0.05, 0.1) is 10.2 Å². The van der Waals surface area contributed by atoms with E-state index in [-0.39, 0.29) is 0 Å². The van der Waals surface area contributed by atoms with Crippen molar-refractivity contribution in [2.75, 3.05) is 5.73 Å². The monoisotopic (exact) mass is 367 g/mol. The topological polar surface area (TPSA) is 51.8 Å². The first-order chi connectivity index (χ1) is 8.65. The van der Waals surface area contributed by atoms with Crippen molar-refractivity contribution in [1.29, 1.82) is 0 Å². The summed E-state index contributed by atoms with van der Waals surface area (Å²) in [7, 11) is 0. The van der Waals surface area contributed by atoms with E-state index in [2.05, 4.69) is 41.8 Å². The molecule has 3 rings (SSSR count). The predicted molar refractivity (Wildman–Crippen MR) is 79.3 cm³/mol. The molecule has 1 heterocycles. The number of nitrogen functional groups attached to an aromatic ring is 1. The van der Waals surface area contributed by atoms with Gasteiger partial charge in [-0.2, -0.15) is 0 Å². The molecule has 1 aliphatic rings. The lowest BCUT2D eigenvalue weighted by molar-refractivity contribution is 0.984. The molecule has 0 spiro atoms. The van der Waals surface area contributed by atoms with E-state index in [1.54, 1.807) is 0 Å². The molecule has 1 aromatic carbocycles. The number of nitrogens with zero attached hydrogens (tertiary/aromatic N) is 2. The zero-order valence-electron chi connectivity index (χ0n) is 9.53. The molecule has 1 aromatic heterocycles. The Kier molecular flexibility index (Phi) is 3.11. The minimum Gasteiger partial charge on any atom is -0.383 e. The Balaban J connectivity index is 2.09. The number of halogens is 2. The number of rotatable bonds is 2. The number of hydrogen-bond acceptors (Lipinski definition) is 3. The van der Waals surface area contributed by atoms with Crippen LogP contribution in [0.2, 0.25) is 0 Å². The van der Waals surface area contributed by atoms with E-state index in [0.29, 0.717) is 17.6 Å². The van der Waals surface area contributed by atoms with Crippen molar-refractivity contribution < 1.29 is 0 Å². The van der Waals surface area contributed by atoms with Crippen LogP contribution >= 0.6 is 31.9 Å². The molecule has 5 heteroatoms. The Morgan fingerprint density at radius 2 is 1.72 bits per heavy atom. The van der Waals surface area contributed by atoms with Gasteiger partial charge in [-0.3, -0.25) is 0 Å². The van der Waals surface area contributed by atoms with Gasteiger partial charge in [0.15, 0.2) is 5.82 Å². The third kappa shape index (κ3) is 2.29. The lowest BCUT2D eigenvalue weighted by Crippen LogP contribution is -2.02. The van der Waals surface area contributed by atoms with Gasteiger partial charge in [-0.15, -0.1) is 0 Å². The van der Waals surface area contributed by atoms with Gasteiger partial charge >= 0.3 is 0 Å². The number of hydrogen-bond donors (Lipinski definition) is 1. The van der Waals surface area contributed by atoms with Gasteiger partial charge in [0, 0.05) is 16.0 Å².